The Kier molecular flexibility index (Phi) is 6.31. The minimum Gasteiger partial charge on any atom is -0.497 e. The first-order chi connectivity index (χ1) is 9.85. The Morgan fingerprint density at radius 2 is 1.90 bits per heavy atom. The molecule has 0 saturated carbocycles. The summed E-state index contributed by atoms with van der Waals surface area (Å²) in [5, 5.41) is 3.11. The van der Waals surface area contributed by atoms with Crippen LogP contribution in [-0.4, -0.2) is 33.8 Å². The van der Waals surface area contributed by atoms with Crippen molar-refractivity contribution in [3.63, 3.8) is 0 Å². The van der Waals surface area contributed by atoms with Gasteiger partial charge in [0.15, 0.2) is 6.04 Å². The molecule has 0 aliphatic rings. The molecule has 4 nitrogen and oxygen atoms in total. The molecule has 0 radical (unpaired) electrons. The molecular formula is C16H23NO3Si. The fourth-order valence-electron chi connectivity index (χ4n) is 1.52. The van der Waals surface area contributed by atoms with E-state index >= 15 is 0 Å². The lowest BCUT2D eigenvalue weighted by atomic mass is 10.2. The van der Waals surface area contributed by atoms with E-state index in [-0.39, 0.29) is 5.97 Å². The fraction of sp³-hybridized carbons (Fsp3) is 0.438. The van der Waals surface area contributed by atoms with Gasteiger partial charge in [0.25, 0.3) is 0 Å². The van der Waals surface area contributed by atoms with Crippen molar-refractivity contribution in [1.29, 1.82) is 0 Å². The van der Waals surface area contributed by atoms with Crippen LogP contribution in [0.2, 0.25) is 19.6 Å². The van der Waals surface area contributed by atoms with Crippen LogP contribution >= 0.6 is 0 Å². The quantitative estimate of drug-likeness (QED) is 0.516. The molecule has 0 fully saturated rings. The topological polar surface area (TPSA) is 47.6 Å². The number of rotatable bonds is 5. The van der Waals surface area contributed by atoms with Crippen molar-refractivity contribution in [2.45, 2.75) is 32.6 Å². The van der Waals surface area contributed by atoms with Gasteiger partial charge in [0.05, 0.1) is 13.7 Å². The van der Waals surface area contributed by atoms with Crippen molar-refractivity contribution in [3.8, 4) is 17.2 Å². The summed E-state index contributed by atoms with van der Waals surface area (Å²) >= 11 is 0. The monoisotopic (exact) mass is 305 g/mol. The Balaban J connectivity index is 2.89. The highest BCUT2D eigenvalue weighted by molar-refractivity contribution is 6.83. The van der Waals surface area contributed by atoms with E-state index in [0.29, 0.717) is 6.61 Å². The Morgan fingerprint density at radius 1 is 1.29 bits per heavy atom. The van der Waals surface area contributed by atoms with Gasteiger partial charge in [-0.05, 0) is 31.2 Å². The van der Waals surface area contributed by atoms with Gasteiger partial charge in [-0.15, -0.1) is 5.54 Å². The SMILES string of the molecule is CCOC(=O)[C@H](C#C[Si](C)(C)C)Nc1ccc(OC)cc1. The maximum absolute atomic E-state index is 12.0. The van der Waals surface area contributed by atoms with Crippen molar-refractivity contribution in [2.75, 3.05) is 19.0 Å². The standard InChI is InChI=1S/C16H23NO3Si/c1-6-20-16(18)15(11-12-21(3,4)5)17-13-7-9-14(19-2)10-8-13/h7-10,15,17H,6H2,1-5H3/t15-/m0/s1. The number of anilines is 1. The number of hydrogen-bond donors (Lipinski definition) is 1. The summed E-state index contributed by atoms with van der Waals surface area (Å²) in [6.07, 6.45) is 0. The molecule has 0 aliphatic heterocycles. The zero-order valence-electron chi connectivity index (χ0n) is 13.3. The molecule has 0 bridgehead atoms. The van der Waals surface area contributed by atoms with Gasteiger partial charge >= 0.3 is 5.97 Å². The van der Waals surface area contributed by atoms with Crippen LogP contribution in [0.5, 0.6) is 5.75 Å². The van der Waals surface area contributed by atoms with Gasteiger partial charge in [-0.1, -0.05) is 25.6 Å². The molecule has 0 aliphatic carbocycles. The summed E-state index contributed by atoms with van der Waals surface area (Å²) in [5.74, 6) is 3.43. The Labute approximate surface area is 127 Å². The summed E-state index contributed by atoms with van der Waals surface area (Å²) in [5.41, 5.74) is 4.01. The predicted molar refractivity (Wildman–Crippen MR) is 88.2 cm³/mol. The Bertz CT molecular complexity index is 523. The second-order valence-electron chi connectivity index (χ2n) is 5.58. The van der Waals surface area contributed by atoms with Crippen molar-refractivity contribution < 1.29 is 14.3 Å². The molecule has 0 amide bonds. The molecule has 21 heavy (non-hydrogen) atoms. The highest BCUT2D eigenvalue weighted by Gasteiger charge is 2.18. The normalized spacial score (nSPS) is 11.9. The molecule has 114 valence electrons. The van der Waals surface area contributed by atoms with Crippen LogP contribution in [0.4, 0.5) is 5.69 Å². The van der Waals surface area contributed by atoms with E-state index in [1.165, 1.54) is 0 Å². The third-order valence-corrected chi connectivity index (χ3v) is 3.41. The van der Waals surface area contributed by atoms with Gasteiger partial charge in [0, 0.05) is 5.69 Å². The zero-order valence-corrected chi connectivity index (χ0v) is 14.3. The minimum atomic E-state index is -1.55. The number of carbonyl (C=O) groups is 1. The summed E-state index contributed by atoms with van der Waals surface area (Å²) in [6, 6.07) is 6.71. The van der Waals surface area contributed by atoms with E-state index in [2.05, 4.69) is 36.4 Å². The van der Waals surface area contributed by atoms with Crippen molar-refractivity contribution in [3.05, 3.63) is 24.3 Å². The summed E-state index contributed by atoms with van der Waals surface area (Å²) in [6.45, 7) is 8.53. The predicted octanol–water partition coefficient (Wildman–Crippen LogP) is 2.92. The van der Waals surface area contributed by atoms with Crippen molar-refractivity contribution in [1.82, 2.24) is 0 Å². The Morgan fingerprint density at radius 3 is 2.38 bits per heavy atom. The van der Waals surface area contributed by atoms with Crippen LogP contribution in [-0.2, 0) is 9.53 Å². The largest absolute Gasteiger partial charge is 0.497 e. The van der Waals surface area contributed by atoms with Gasteiger partial charge in [-0.3, -0.25) is 0 Å². The van der Waals surface area contributed by atoms with Crippen LogP contribution < -0.4 is 10.1 Å². The number of ether oxygens (including phenoxy) is 2. The van der Waals surface area contributed by atoms with Crippen LogP contribution in [0.1, 0.15) is 6.92 Å². The van der Waals surface area contributed by atoms with Gasteiger partial charge in [-0.25, -0.2) is 4.79 Å². The highest BCUT2D eigenvalue weighted by Crippen LogP contribution is 2.16. The first-order valence-electron chi connectivity index (χ1n) is 6.95. The molecule has 1 N–H and O–H groups in total. The first-order valence-corrected chi connectivity index (χ1v) is 10.5. The third-order valence-electron chi connectivity index (χ3n) is 2.51. The molecule has 1 rings (SSSR count). The lowest BCUT2D eigenvalue weighted by Crippen LogP contribution is -2.31. The molecular weight excluding hydrogens is 282 g/mol. The molecule has 0 spiro atoms. The molecule has 1 atom stereocenters. The molecule has 0 heterocycles. The summed E-state index contributed by atoms with van der Waals surface area (Å²) in [4.78, 5) is 12.0. The van der Waals surface area contributed by atoms with Crippen molar-refractivity contribution >= 4 is 19.7 Å². The number of methoxy groups -OCH3 is 1. The van der Waals surface area contributed by atoms with Crippen molar-refractivity contribution in [2.24, 2.45) is 0 Å². The number of nitrogens with one attached hydrogen (secondary N) is 1. The zero-order chi connectivity index (χ0) is 15.9. The minimum absolute atomic E-state index is 0.342. The summed E-state index contributed by atoms with van der Waals surface area (Å²) < 4.78 is 10.2. The van der Waals surface area contributed by atoms with Crippen LogP contribution in [0.3, 0.4) is 0 Å². The van der Waals surface area contributed by atoms with E-state index in [1.807, 2.05) is 24.3 Å². The molecule has 1 aromatic carbocycles. The average molecular weight is 305 g/mol. The molecule has 5 heteroatoms. The maximum Gasteiger partial charge on any atom is 0.341 e. The molecule has 0 saturated heterocycles. The fourth-order valence-corrected chi connectivity index (χ4v) is 2.10. The maximum atomic E-state index is 12.0. The van der Waals surface area contributed by atoms with E-state index in [4.69, 9.17) is 9.47 Å². The highest BCUT2D eigenvalue weighted by atomic mass is 28.3. The average Bonchev–Trinajstić information content (AvgIpc) is 2.43. The van der Waals surface area contributed by atoms with E-state index in [9.17, 15) is 4.79 Å². The summed E-state index contributed by atoms with van der Waals surface area (Å²) in [7, 11) is 0.0647. The second kappa shape index (κ2) is 7.74. The van der Waals surface area contributed by atoms with E-state index < -0.39 is 14.1 Å². The first kappa shape index (κ1) is 17.1. The van der Waals surface area contributed by atoms with Gasteiger partial charge in [-0.2, -0.15) is 0 Å². The van der Waals surface area contributed by atoms with Gasteiger partial charge in [0.1, 0.15) is 13.8 Å². The lowest BCUT2D eigenvalue weighted by molar-refractivity contribution is -0.142. The van der Waals surface area contributed by atoms with Gasteiger partial charge in [0.2, 0.25) is 0 Å². The number of carbonyl (C=O) groups excluding carboxylic acids is 1. The van der Waals surface area contributed by atoms with Crippen LogP contribution in [0, 0.1) is 11.5 Å². The molecule has 0 unspecified atom stereocenters. The van der Waals surface area contributed by atoms with Crippen LogP contribution in [0.15, 0.2) is 24.3 Å². The molecule has 0 aromatic heterocycles. The number of benzene rings is 1. The van der Waals surface area contributed by atoms with Crippen LogP contribution in [0.25, 0.3) is 0 Å². The molecule has 1 aromatic rings. The Hall–Kier alpha value is -1.93. The lowest BCUT2D eigenvalue weighted by Gasteiger charge is -2.14. The second-order valence-corrected chi connectivity index (χ2v) is 10.3. The van der Waals surface area contributed by atoms with Gasteiger partial charge < -0.3 is 14.8 Å². The third kappa shape index (κ3) is 6.37. The number of esters is 1. The van der Waals surface area contributed by atoms with E-state index in [0.717, 1.165) is 11.4 Å². The number of hydrogen-bond acceptors (Lipinski definition) is 4. The smallest absolute Gasteiger partial charge is 0.341 e. The van der Waals surface area contributed by atoms with E-state index in [1.54, 1.807) is 14.0 Å².